The van der Waals surface area contributed by atoms with Gasteiger partial charge >= 0.3 is 0 Å². The van der Waals surface area contributed by atoms with Gasteiger partial charge in [0, 0.05) is 6.42 Å². The lowest BCUT2D eigenvalue weighted by Crippen LogP contribution is -2.46. The number of nitrogens with one attached hydrogen (secondary N) is 1. The third kappa shape index (κ3) is 28.1. The molecule has 0 aromatic heterocycles. The summed E-state index contributed by atoms with van der Waals surface area (Å²) in [5.41, 5.74) is 0. The van der Waals surface area contributed by atoms with Crippen molar-refractivity contribution in [1.82, 2.24) is 5.32 Å². The third-order valence-corrected chi connectivity index (χ3v) is 7.83. The van der Waals surface area contributed by atoms with Gasteiger partial charge in [0.1, 0.15) is 0 Å². The first-order chi connectivity index (χ1) is 19.3. The van der Waals surface area contributed by atoms with Crippen LogP contribution in [0.15, 0.2) is 36.5 Å². The fourth-order valence-corrected chi connectivity index (χ4v) is 5.33. The number of aliphatic hydroxyl groups is 1. The summed E-state index contributed by atoms with van der Waals surface area (Å²) in [6, 6.07) is -1.07. The van der Waals surface area contributed by atoms with E-state index in [4.69, 9.17) is 0 Å². The van der Waals surface area contributed by atoms with Crippen LogP contribution >= 0.6 is 0 Å². The number of aliphatic hydroxyl groups excluding tert-OH is 1. The Morgan fingerprint density at radius 3 is 1.57 bits per heavy atom. The van der Waals surface area contributed by atoms with Crippen LogP contribution in [0, 0.1) is 0 Å². The lowest BCUT2D eigenvalue weighted by Gasteiger charge is -2.21. The van der Waals surface area contributed by atoms with Crippen molar-refractivity contribution in [2.45, 2.75) is 161 Å². The molecule has 0 aliphatic rings. The summed E-state index contributed by atoms with van der Waals surface area (Å²) >= 11 is 0. The summed E-state index contributed by atoms with van der Waals surface area (Å²) in [5, 5.41) is 13.0. The molecule has 0 aliphatic heterocycles. The van der Waals surface area contributed by atoms with Crippen molar-refractivity contribution < 1.29 is 22.9 Å². The molecule has 0 aromatic carbocycles. The van der Waals surface area contributed by atoms with Crippen molar-refractivity contribution in [3.63, 3.8) is 0 Å². The first-order valence-corrected chi connectivity index (χ1v) is 17.8. The molecule has 3 N–H and O–H groups in total. The maximum Gasteiger partial charge on any atom is 0.267 e. The Morgan fingerprint density at radius 2 is 1.07 bits per heavy atom. The Morgan fingerprint density at radius 1 is 0.650 bits per heavy atom. The molecule has 6 nitrogen and oxygen atoms in total. The van der Waals surface area contributed by atoms with Gasteiger partial charge < -0.3 is 10.4 Å². The number of hydrogen-bond donors (Lipinski definition) is 3. The molecule has 234 valence electrons. The van der Waals surface area contributed by atoms with Gasteiger partial charge in [0.05, 0.1) is 17.9 Å². The van der Waals surface area contributed by atoms with Crippen LogP contribution in [0.4, 0.5) is 0 Å². The minimum atomic E-state index is -4.34. The summed E-state index contributed by atoms with van der Waals surface area (Å²) < 4.78 is 32.1. The van der Waals surface area contributed by atoms with Gasteiger partial charge in [-0.15, -0.1) is 0 Å². The molecule has 0 spiro atoms. The molecule has 1 amide bonds. The smallest absolute Gasteiger partial charge is 0.267 e. The first-order valence-electron chi connectivity index (χ1n) is 16.2. The van der Waals surface area contributed by atoms with E-state index in [1.165, 1.54) is 83.1 Å². The maximum atomic E-state index is 12.3. The normalized spacial score (nSPS) is 14.0. The van der Waals surface area contributed by atoms with Crippen LogP contribution in [-0.4, -0.2) is 41.9 Å². The highest BCUT2D eigenvalue weighted by Gasteiger charge is 2.24. The van der Waals surface area contributed by atoms with Gasteiger partial charge in [-0.2, -0.15) is 8.42 Å². The van der Waals surface area contributed by atoms with E-state index in [1.54, 1.807) is 6.08 Å². The molecular weight excluding hydrogens is 522 g/mol. The maximum absolute atomic E-state index is 12.3. The van der Waals surface area contributed by atoms with Gasteiger partial charge in [-0.3, -0.25) is 9.35 Å². The number of hydrogen-bond acceptors (Lipinski definition) is 4. The Balaban J connectivity index is 4.10. The lowest BCUT2D eigenvalue weighted by molar-refractivity contribution is -0.122. The van der Waals surface area contributed by atoms with Crippen molar-refractivity contribution in [3.05, 3.63) is 36.5 Å². The summed E-state index contributed by atoms with van der Waals surface area (Å²) in [6.45, 7) is 4.43. The highest BCUT2D eigenvalue weighted by Crippen LogP contribution is 2.11. The predicted octanol–water partition coefficient (Wildman–Crippen LogP) is 8.62. The van der Waals surface area contributed by atoms with Crippen LogP contribution < -0.4 is 5.32 Å². The number of carbonyl (C=O) groups excluding carboxylic acids is 1. The largest absolute Gasteiger partial charge is 0.387 e. The highest BCUT2D eigenvalue weighted by atomic mass is 32.2. The van der Waals surface area contributed by atoms with Gasteiger partial charge in [0.25, 0.3) is 10.1 Å². The molecule has 0 saturated carbocycles. The van der Waals surface area contributed by atoms with Crippen LogP contribution in [0.1, 0.15) is 149 Å². The monoisotopic (exact) mass is 583 g/mol. The van der Waals surface area contributed by atoms with E-state index in [1.807, 2.05) is 0 Å². The van der Waals surface area contributed by atoms with E-state index in [9.17, 15) is 22.9 Å². The molecule has 0 fully saturated rings. The lowest BCUT2D eigenvalue weighted by atomic mass is 10.1. The van der Waals surface area contributed by atoms with E-state index in [0.717, 1.165) is 44.9 Å². The zero-order valence-electron chi connectivity index (χ0n) is 25.7. The van der Waals surface area contributed by atoms with Gasteiger partial charge in [0.2, 0.25) is 5.91 Å². The quantitative estimate of drug-likeness (QED) is 0.0486. The summed E-state index contributed by atoms with van der Waals surface area (Å²) in [4.78, 5) is 12.3. The average molecular weight is 584 g/mol. The second-order valence-electron chi connectivity index (χ2n) is 11.1. The Kier molecular flexibility index (Phi) is 26.7. The average Bonchev–Trinajstić information content (AvgIpc) is 2.90. The van der Waals surface area contributed by atoms with Crippen molar-refractivity contribution >= 4 is 16.0 Å². The molecule has 2 atom stereocenters. The van der Waals surface area contributed by atoms with Crippen molar-refractivity contribution in [2.24, 2.45) is 0 Å². The second kappa shape index (κ2) is 27.7. The fourth-order valence-electron chi connectivity index (χ4n) is 4.60. The predicted molar refractivity (Wildman–Crippen MR) is 170 cm³/mol. The van der Waals surface area contributed by atoms with E-state index < -0.39 is 28.0 Å². The van der Waals surface area contributed by atoms with Crippen molar-refractivity contribution in [2.75, 3.05) is 5.75 Å². The second-order valence-corrected chi connectivity index (χ2v) is 12.6. The van der Waals surface area contributed by atoms with Crippen LogP contribution in [0.5, 0.6) is 0 Å². The minimum absolute atomic E-state index is 0.283. The topological polar surface area (TPSA) is 104 Å². The fraction of sp³-hybridized carbons (Fsp3) is 0.788. The highest BCUT2D eigenvalue weighted by molar-refractivity contribution is 7.85. The zero-order chi connectivity index (χ0) is 29.7. The number of amides is 1. The Bertz CT molecular complexity index is 776. The van der Waals surface area contributed by atoms with E-state index in [2.05, 4.69) is 43.5 Å². The van der Waals surface area contributed by atoms with Gasteiger partial charge in [-0.25, -0.2) is 0 Å². The Labute approximate surface area is 246 Å². The molecule has 0 saturated heterocycles. The van der Waals surface area contributed by atoms with Crippen molar-refractivity contribution in [3.8, 4) is 0 Å². The molecule has 0 aromatic rings. The molecule has 0 bridgehead atoms. The molecule has 0 heterocycles. The van der Waals surface area contributed by atoms with Crippen molar-refractivity contribution in [1.29, 1.82) is 0 Å². The summed E-state index contributed by atoms with van der Waals surface area (Å²) in [7, 11) is -4.34. The standard InChI is InChI=1S/C33H61NO5S/c1-3-5-7-9-11-12-13-14-15-16-17-18-19-20-21-23-24-26-28-32(35)31(30-40(37,38)39)34-33(36)29-27-25-22-10-8-6-4-2/h16-17,20-21,26,28,31-32,35H,3-15,18-19,22-25,27,29-30H2,1-2H3,(H,34,36)(H,37,38,39)/b17-16+,21-20+,28-26+. The molecule has 0 radical (unpaired) electrons. The van der Waals surface area contributed by atoms with E-state index in [-0.39, 0.29) is 12.3 Å². The SMILES string of the molecule is CCCCCCCCCC/C=C/CC/C=C/CC/C=C/C(O)C(CS(=O)(=O)O)NC(=O)CCCCCCCCC. The number of rotatable bonds is 28. The van der Waals surface area contributed by atoms with Crippen LogP contribution in [0.3, 0.4) is 0 Å². The minimum Gasteiger partial charge on any atom is -0.387 e. The summed E-state index contributed by atoms with van der Waals surface area (Å²) in [6.07, 6.45) is 34.3. The Hall–Kier alpha value is -1.44. The van der Waals surface area contributed by atoms with E-state index >= 15 is 0 Å². The van der Waals surface area contributed by atoms with Crippen LogP contribution in [-0.2, 0) is 14.9 Å². The van der Waals surface area contributed by atoms with Crippen LogP contribution in [0.25, 0.3) is 0 Å². The van der Waals surface area contributed by atoms with Gasteiger partial charge in [-0.1, -0.05) is 134 Å². The molecule has 2 unspecified atom stereocenters. The zero-order valence-corrected chi connectivity index (χ0v) is 26.5. The van der Waals surface area contributed by atoms with Gasteiger partial charge in [0.15, 0.2) is 0 Å². The number of allylic oxidation sites excluding steroid dienone is 5. The molecule has 0 aliphatic carbocycles. The van der Waals surface area contributed by atoms with Crippen LogP contribution in [0.2, 0.25) is 0 Å². The molecular formula is C33H61NO5S. The van der Waals surface area contributed by atoms with Gasteiger partial charge in [-0.05, 0) is 44.9 Å². The number of unbranched alkanes of at least 4 members (excludes halogenated alkanes) is 16. The molecule has 0 rings (SSSR count). The van der Waals surface area contributed by atoms with E-state index in [0.29, 0.717) is 6.42 Å². The number of carbonyl (C=O) groups is 1. The molecule has 40 heavy (non-hydrogen) atoms. The first kappa shape index (κ1) is 38.6. The molecule has 7 heteroatoms. The third-order valence-electron chi connectivity index (χ3n) is 7.05. The summed E-state index contributed by atoms with van der Waals surface area (Å²) in [5.74, 6) is -1.02.